The fourth-order valence-corrected chi connectivity index (χ4v) is 2.93. The summed E-state index contributed by atoms with van der Waals surface area (Å²) >= 11 is 3.26. The van der Waals surface area contributed by atoms with E-state index in [4.69, 9.17) is 5.11 Å². The summed E-state index contributed by atoms with van der Waals surface area (Å²) in [5.41, 5.74) is 0.871. The average molecular weight is 380 g/mol. The van der Waals surface area contributed by atoms with Gasteiger partial charge in [-0.1, -0.05) is 22.0 Å². The van der Waals surface area contributed by atoms with Crippen LogP contribution >= 0.6 is 15.9 Å². The van der Waals surface area contributed by atoms with Gasteiger partial charge in [-0.25, -0.2) is 0 Å². The number of nitrogens with zero attached hydrogens (tertiary/aromatic N) is 1. The fraction of sp³-hybridized carbons (Fsp3) is 0.429. The highest BCUT2D eigenvalue weighted by atomic mass is 79.9. The molecule has 2 atom stereocenters. The molecule has 22 heavy (non-hydrogen) atoms. The number of likely N-dealkylation sites (tertiary alicyclic amines) is 1. The molecule has 1 saturated heterocycles. The molecule has 0 bridgehead atoms. The molecule has 0 unspecified atom stereocenters. The predicted molar refractivity (Wildman–Crippen MR) is 75.5 cm³/mol. The van der Waals surface area contributed by atoms with E-state index in [0.717, 1.165) is 4.90 Å². The Labute approximate surface area is 133 Å². The first-order valence-corrected chi connectivity index (χ1v) is 7.26. The van der Waals surface area contributed by atoms with Crippen LogP contribution in [0.15, 0.2) is 22.7 Å². The van der Waals surface area contributed by atoms with Gasteiger partial charge in [-0.3, -0.25) is 9.59 Å². The van der Waals surface area contributed by atoms with Gasteiger partial charge in [0.05, 0.1) is 11.8 Å². The topological polar surface area (TPSA) is 57.6 Å². The molecule has 8 heteroatoms. The maximum Gasteiger partial charge on any atom is 0.394 e. The van der Waals surface area contributed by atoms with E-state index in [1.165, 1.54) is 6.07 Å². The molecule has 1 fully saturated rings. The van der Waals surface area contributed by atoms with Crippen LogP contribution in [0.1, 0.15) is 15.9 Å². The van der Waals surface area contributed by atoms with Gasteiger partial charge in [0.25, 0.3) is 5.91 Å². The third-order valence-electron chi connectivity index (χ3n) is 3.84. The molecule has 0 aromatic heterocycles. The summed E-state index contributed by atoms with van der Waals surface area (Å²) in [4.78, 5) is 24.4. The number of carboxylic acids is 1. The van der Waals surface area contributed by atoms with Crippen molar-refractivity contribution in [2.24, 2.45) is 11.8 Å². The van der Waals surface area contributed by atoms with Crippen LogP contribution in [0.2, 0.25) is 0 Å². The molecule has 0 aliphatic carbocycles. The maximum absolute atomic E-state index is 12.9. The summed E-state index contributed by atoms with van der Waals surface area (Å²) in [6.07, 6.45) is -4.65. The number of hydrogen-bond acceptors (Lipinski definition) is 2. The van der Waals surface area contributed by atoms with Gasteiger partial charge in [-0.15, -0.1) is 0 Å². The van der Waals surface area contributed by atoms with Crippen molar-refractivity contribution in [3.05, 3.63) is 33.8 Å². The van der Waals surface area contributed by atoms with E-state index in [0.29, 0.717) is 10.0 Å². The molecule has 2 rings (SSSR count). The zero-order valence-corrected chi connectivity index (χ0v) is 13.1. The van der Waals surface area contributed by atoms with Gasteiger partial charge in [-0.05, 0) is 24.6 Å². The first kappa shape index (κ1) is 16.8. The molecule has 1 aromatic carbocycles. The van der Waals surface area contributed by atoms with Gasteiger partial charge < -0.3 is 10.0 Å². The van der Waals surface area contributed by atoms with E-state index >= 15 is 0 Å². The number of benzene rings is 1. The molecular formula is C14H13BrF3NO3. The third kappa shape index (κ3) is 3.11. The van der Waals surface area contributed by atoms with Crippen LogP contribution in [0.25, 0.3) is 0 Å². The fourth-order valence-electron chi connectivity index (χ4n) is 2.56. The molecule has 0 spiro atoms. The predicted octanol–water partition coefficient (Wildman–Crippen LogP) is 3.09. The Morgan fingerprint density at radius 1 is 1.32 bits per heavy atom. The normalized spacial score (nSPS) is 22.0. The number of alkyl halides is 3. The second-order valence-corrected chi connectivity index (χ2v) is 6.07. The van der Waals surface area contributed by atoms with Crippen LogP contribution in [-0.4, -0.2) is 41.1 Å². The van der Waals surface area contributed by atoms with Gasteiger partial charge in [0.1, 0.15) is 0 Å². The Morgan fingerprint density at radius 3 is 2.45 bits per heavy atom. The lowest BCUT2D eigenvalue weighted by atomic mass is 9.96. The third-order valence-corrected chi connectivity index (χ3v) is 4.70. The zero-order valence-electron chi connectivity index (χ0n) is 11.5. The molecule has 1 aromatic rings. The summed E-state index contributed by atoms with van der Waals surface area (Å²) in [5.74, 6) is -5.79. The number of hydrogen-bond donors (Lipinski definition) is 1. The number of aliphatic carboxylic acids is 1. The average Bonchev–Trinajstić information content (AvgIpc) is 2.86. The van der Waals surface area contributed by atoms with Gasteiger partial charge >= 0.3 is 12.1 Å². The monoisotopic (exact) mass is 379 g/mol. The van der Waals surface area contributed by atoms with E-state index in [1.807, 2.05) is 0 Å². The summed E-state index contributed by atoms with van der Waals surface area (Å²) in [6.45, 7) is 0.596. The van der Waals surface area contributed by atoms with Crippen LogP contribution in [-0.2, 0) is 4.79 Å². The second-order valence-electron chi connectivity index (χ2n) is 5.22. The van der Waals surface area contributed by atoms with Crippen LogP contribution in [0.5, 0.6) is 0 Å². The highest BCUT2D eigenvalue weighted by Gasteiger charge is 2.53. The molecular weight excluding hydrogens is 367 g/mol. The first-order chi connectivity index (χ1) is 10.1. The minimum absolute atomic E-state index is 0.265. The quantitative estimate of drug-likeness (QED) is 0.858. The van der Waals surface area contributed by atoms with Crippen LogP contribution < -0.4 is 0 Å². The number of amides is 1. The summed E-state index contributed by atoms with van der Waals surface area (Å²) in [6, 6.07) is 4.84. The number of carboxylic acid groups (broad SMARTS) is 1. The minimum Gasteiger partial charge on any atom is -0.481 e. The van der Waals surface area contributed by atoms with Gasteiger partial charge in [0, 0.05) is 23.1 Å². The van der Waals surface area contributed by atoms with Gasteiger partial charge in [0.15, 0.2) is 0 Å². The number of rotatable bonds is 2. The Bertz CT molecular complexity index is 618. The van der Waals surface area contributed by atoms with Crippen molar-refractivity contribution in [2.45, 2.75) is 13.1 Å². The van der Waals surface area contributed by atoms with Gasteiger partial charge in [0.2, 0.25) is 0 Å². The van der Waals surface area contributed by atoms with E-state index in [1.54, 1.807) is 19.1 Å². The molecule has 1 N–H and O–H groups in total. The van der Waals surface area contributed by atoms with E-state index in [2.05, 4.69) is 15.9 Å². The van der Waals surface area contributed by atoms with E-state index < -0.39 is 43.0 Å². The molecule has 120 valence electrons. The lowest BCUT2D eigenvalue weighted by molar-refractivity contribution is -0.187. The summed E-state index contributed by atoms with van der Waals surface area (Å²) in [5, 5.41) is 8.97. The largest absolute Gasteiger partial charge is 0.481 e. The van der Waals surface area contributed by atoms with Crippen molar-refractivity contribution in [1.82, 2.24) is 4.90 Å². The number of halogens is 4. The number of carbonyl (C=O) groups is 2. The minimum atomic E-state index is -4.65. The molecule has 4 nitrogen and oxygen atoms in total. The SMILES string of the molecule is Cc1c(Br)cccc1C(=O)N1C[C@@H](C(F)(F)F)[C@H](C(=O)O)C1. The zero-order chi connectivity index (χ0) is 16.7. The molecule has 1 aliphatic rings. The lowest BCUT2D eigenvalue weighted by Gasteiger charge is -2.19. The van der Waals surface area contributed by atoms with Crippen molar-refractivity contribution in [2.75, 3.05) is 13.1 Å². The van der Waals surface area contributed by atoms with Crippen molar-refractivity contribution in [3.63, 3.8) is 0 Å². The molecule has 0 saturated carbocycles. The highest BCUT2D eigenvalue weighted by molar-refractivity contribution is 9.10. The smallest absolute Gasteiger partial charge is 0.394 e. The standard InChI is InChI=1S/C14H13BrF3NO3/c1-7-8(3-2-4-11(7)15)12(20)19-5-9(13(21)22)10(6-19)14(16,17)18/h2-4,9-10H,5-6H2,1H3,(H,21,22)/t9-,10-/m1/s1. The molecule has 1 amide bonds. The van der Waals surface area contributed by atoms with Crippen molar-refractivity contribution < 1.29 is 27.9 Å². The Morgan fingerprint density at radius 2 is 1.95 bits per heavy atom. The van der Waals surface area contributed by atoms with Gasteiger partial charge in [-0.2, -0.15) is 13.2 Å². The Balaban J connectivity index is 2.29. The highest BCUT2D eigenvalue weighted by Crippen LogP contribution is 2.38. The Hall–Kier alpha value is -1.57. The molecule has 1 heterocycles. The first-order valence-electron chi connectivity index (χ1n) is 6.47. The van der Waals surface area contributed by atoms with Crippen molar-refractivity contribution >= 4 is 27.8 Å². The second kappa shape index (κ2) is 5.91. The summed E-state index contributed by atoms with van der Waals surface area (Å²) < 4.78 is 39.5. The van der Waals surface area contributed by atoms with Crippen LogP contribution in [0, 0.1) is 18.8 Å². The maximum atomic E-state index is 12.9. The van der Waals surface area contributed by atoms with Crippen LogP contribution in [0.4, 0.5) is 13.2 Å². The summed E-state index contributed by atoms with van der Waals surface area (Å²) in [7, 11) is 0. The lowest BCUT2D eigenvalue weighted by Crippen LogP contribution is -2.34. The number of carbonyl (C=O) groups excluding carboxylic acids is 1. The van der Waals surface area contributed by atoms with Crippen molar-refractivity contribution in [1.29, 1.82) is 0 Å². The van der Waals surface area contributed by atoms with E-state index in [-0.39, 0.29) is 5.56 Å². The Kier molecular flexibility index (Phi) is 4.51. The van der Waals surface area contributed by atoms with Crippen molar-refractivity contribution in [3.8, 4) is 0 Å². The molecule has 0 radical (unpaired) electrons. The molecule has 1 aliphatic heterocycles. The van der Waals surface area contributed by atoms with Crippen LogP contribution in [0.3, 0.4) is 0 Å². The van der Waals surface area contributed by atoms with E-state index in [9.17, 15) is 22.8 Å².